The number of aliphatic hydroxyl groups excluding tert-OH is 1. The van der Waals surface area contributed by atoms with E-state index in [0.29, 0.717) is 31.2 Å². The number of fused-ring (bicyclic) bond motifs is 1. The van der Waals surface area contributed by atoms with E-state index in [4.69, 9.17) is 35.4 Å². The second kappa shape index (κ2) is 14.5. The fourth-order valence-electron chi connectivity index (χ4n) is 3.62. The van der Waals surface area contributed by atoms with Crippen LogP contribution in [0, 0.1) is 0 Å². The van der Waals surface area contributed by atoms with Crippen molar-refractivity contribution in [3.05, 3.63) is 35.4 Å². The first-order valence-corrected chi connectivity index (χ1v) is 10.6. The summed E-state index contributed by atoms with van der Waals surface area (Å²) in [4.78, 5) is 32.8. The first kappa shape index (κ1) is 27.5. The number of carboxylic acid groups (broad SMARTS) is 2. The number of aliphatic hydroxyl groups is 1. The zero-order valence-corrected chi connectivity index (χ0v) is 18.7. The fourth-order valence-corrected chi connectivity index (χ4v) is 3.62. The number of amides is 1. The molecule has 10 nitrogen and oxygen atoms in total. The predicted molar refractivity (Wildman–Crippen MR) is 118 cm³/mol. The lowest BCUT2D eigenvalue weighted by molar-refractivity contribution is -0.135. The Morgan fingerprint density at radius 2 is 1.72 bits per heavy atom. The average molecular weight is 454 g/mol. The highest BCUT2D eigenvalue weighted by Gasteiger charge is 2.37. The molecule has 0 bridgehead atoms. The van der Waals surface area contributed by atoms with Gasteiger partial charge in [-0.2, -0.15) is 0 Å². The minimum atomic E-state index is -0.833. The molecule has 0 spiro atoms. The van der Waals surface area contributed by atoms with Crippen molar-refractivity contribution >= 4 is 17.8 Å². The molecule has 0 radical (unpaired) electrons. The molecule has 2 heterocycles. The van der Waals surface area contributed by atoms with Gasteiger partial charge in [0, 0.05) is 51.2 Å². The van der Waals surface area contributed by atoms with Crippen molar-refractivity contribution in [1.82, 2.24) is 10.2 Å². The zero-order valence-electron chi connectivity index (χ0n) is 18.7. The molecule has 2 aliphatic rings. The van der Waals surface area contributed by atoms with Crippen LogP contribution in [0.15, 0.2) is 24.3 Å². The Hall–Kier alpha value is -2.53. The molecule has 3 rings (SSSR count). The van der Waals surface area contributed by atoms with Gasteiger partial charge < -0.3 is 31.1 Å². The van der Waals surface area contributed by atoms with Crippen LogP contribution in [0.2, 0.25) is 0 Å². The van der Waals surface area contributed by atoms with Crippen molar-refractivity contribution in [1.29, 1.82) is 0 Å². The summed E-state index contributed by atoms with van der Waals surface area (Å²) in [5, 5.41) is 27.0. The molecule has 0 saturated carbocycles. The van der Waals surface area contributed by atoms with E-state index in [9.17, 15) is 4.79 Å². The lowest BCUT2D eigenvalue weighted by atomic mass is 10.1. The van der Waals surface area contributed by atoms with Crippen LogP contribution in [-0.2, 0) is 20.7 Å². The zero-order chi connectivity index (χ0) is 24.1. The van der Waals surface area contributed by atoms with Gasteiger partial charge in [-0.05, 0) is 43.5 Å². The number of aliphatic carboxylic acids is 2. The third kappa shape index (κ3) is 10.7. The quantitative estimate of drug-likeness (QED) is 0.408. The summed E-state index contributed by atoms with van der Waals surface area (Å²) in [6.07, 6.45) is 2.53. The Kier molecular flexibility index (Phi) is 12.5. The normalized spacial score (nSPS) is 21.8. The smallest absolute Gasteiger partial charge is 0.300 e. The van der Waals surface area contributed by atoms with E-state index in [-0.39, 0.29) is 24.7 Å². The van der Waals surface area contributed by atoms with Gasteiger partial charge in [-0.3, -0.25) is 19.3 Å². The van der Waals surface area contributed by atoms with Gasteiger partial charge in [-0.25, -0.2) is 0 Å². The van der Waals surface area contributed by atoms with Gasteiger partial charge in [0.1, 0.15) is 0 Å². The van der Waals surface area contributed by atoms with Gasteiger partial charge in [0.25, 0.3) is 17.8 Å². The molecule has 0 aromatic heterocycles. The van der Waals surface area contributed by atoms with Crippen molar-refractivity contribution in [3.8, 4) is 0 Å². The monoisotopic (exact) mass is 453 g/mol. The maximum absolute atomic E-state index is 12.4. The molecular formula is C22H35N3O7. The number of carbonyl (C=O) groups excluding carboxylic acids is 1. The number of ether oxygens (including phenoxy) is 1. The van der Waals surface area contributed by atoms with Gasteiger partial charge in [0.05, 0.1) is 12.7 Å². The highest BCUT2D eigenvalue weighted by atomic mass is 16.5. The van der Waals surface area contributed by atoms with Crippen LogP contribution in [-0.4, -0.2) is 89.1 Å². The van der Waals surface area contributed by atoms with Crippen molar-refractivity contribution in [2.45, 2.75) is 51.3 Å². The minimum Gasteiger partial charge on any atom is -0.481 e. The van der Waals surface area contributed by atoms with Crippen LogP contribution in [0.3, 0.4) is 0 Å². The fraction of sp³-hybridized carbons (Fsp3) is 0.591. The maximum atomic E-state index is 12.4. The molecule has 6 N–H and O–H groups in total. The van der Waals surface area contributed by atoms with Gasteiger partial charge >= 0.3 is 0 Å². The number of carbonyl (C=O) groups is 3. The van der Waals surface area contributed by atoms with Gasteiger partial charge in [0.15, 0.2) is 0 Å². The molecule has 2 aliphatic heterocycles. The molecule has 0 aliphatic carbocycles. The van der Waals surface area contributed by atoms with E-state index in [2.05, 4.69) is 10.2 Å². The number of hydrogen-bond donors (Lipinski definition) is 5. The maximum Gasteiger partial charge on any atom is 0.300 e. The van der Waals surface area contributed by atoms with Crippen molar-refractivity contribution in [2.24, 2.45) is 5.73 Å². The number of nitrogens with zero attached hydrogens (tertiary/aromatic N) is 1. The van der Waals surface area contributed by atoms with E-state index in [0.717, 1.165) is 45.3 Å². The molecule has 32 heavy (non-hydrogen) atoms. The lowest BCUT2D eigenvalue weighted by Gasteiger charge is -2.34. The van der Waals surface area contributed by atoms with Crippen LogP contribution in [0.1, 0.15) is 42.6 Å². The van der Waals surface area contributed by atoms with E-state index in [1.165, 1.54) is 0 Å². The SMILES string of the molecule is CC(=O)O.CC(=O)O.NCCc1ccc(C(=O)N[C@@H]2C[C@H]3CO[C@@H](CCO)CN3C2)cc1. The summed E-state index contributed by atoms with van der Waals surface area (Å²) in [5.41, 5.74) is 7.39. The third-order valence-electron chi connectivity index (χ3n) is 4.93. The van der Waals surface area contributed by atoms with E-state index in [1.807, 2.05) is 24.3 Å². The highest BCUT2D eigenvalue weighted by molar-refractivity contribution is 5.94. The number of nitrogens with one attached hydrogen (secondary N) is 1. The molecule has 10 heteroatoms. The first-order chi connectivity index (χ1) is 15.2. The van der Waals surface area contributed by atoms with Gasteiger partial charge in [-0.1, -0.05) is 12.1 Å². The van der Waals surface area contributed by atoms with Crippen LogP contribution in [0.25, 0.3) is 0 Å². The summed E-state index contributed by atoms with van der Waals surface area (Å²) in [6, 6.07) is 8.19. The summed E-state index contributed by atoms with van der Waals surface area (Å²) in [5.74, 6) is -1.69. The Morgan fingerprint density at radius 3 is 2.25 bits per heavy atom. The second-order valence-corrected chi connectivity index (χ2v) is 7.76. The van der Waals surface area contributed by atoms with Gasteiger partial charge in [-0.15, -0.1) is 0 Å². The highest BCUT2D eigenvalue weighted by Crippen LogP contribution is 2.24. The second-order valence-electron chi connectivity index (χ2n) is 7.76. The number of nitrogens with two attached hydrogens (primary N) is 1. The molecule has 3 atom stereocenters. The van der Waals surface area contributed by atoms with E-state index in [1.54, 1.807) is 0 Å². The molecular weight excluding hydrogens is 418 g/mol. The lowest BCUT2D eigenvalue weighted by Crippen LogP contribution is -2.46. The average Bonchev–Trinajstić information content (AvgIpc) is 3.09. The van der Waals surface area contributed by atoms with E-state index >= 15 is 0 Å². The summed E-state index contributed by atoms with van der Waals surface area (Å²) in [7, 11) is 0. The summed E-state index contributed by atoms with van der Waals surface area (Å²) < 4.78 is 5.78. The number of carboxylic acids is 2. The van der Waals surface area contributed by atoms with Crippen molar-refractivity contribution < 1.29 is 34.4 Å². The van der Waals surface area contributed by atoms with E-state index < -0.39 is 11.9 Å². The van der Waals surface area contributed by atoms with Crippen molar-refractivity contribution in [3.63, 3.8) is 0 Å². The minimum absolute atomic E-state index is 0.0213. The number of morpholine rings is 1. The van der Waals surface area contributed by atoms with Gasteiger partial charge in [0.2, 0.25) is 0 Å². The molecule has 1 aromatic carbocycles. The van der Waals surface area contributed by atoms with Crippen LogP contribution in [0.5, 0.6) is 0 Å². The number of hydrogen-bond acceptors (Lipinski definition) is 7. The Balaban J connectivity index is 0.000000554. The number of rotatable bonds is 6. The summed E-state index contributed by atoms with van der Waals surface area (Å²) >= 11 is 0. The molecule has 0 unspecified atom stereocenters. The van der Waals surface area contributed by atoms with Crippen LogP contribution in [0.4, 0.5) is 0 Å². The van der Waals surface area contributed by atoms with Crippen molar-refractivity contribution in [2.75, 3.05) is 32.8 Å². The Labute approximate surface area is 188 Å². The molecule has 1 amide bonds. The molecule has 2 saturated heterocycles. The molecule has 1 aromatic rings. The summed E-state index contributed by atoms with van der Waals surface area (Å²) in [6.45, 7) is 5.32. The van der Waals surface area contributed by atoms with Crippen LogP contribution < -0.4 is 11.1 Å². The number of benzene rings is 1. The standard InChI is InChI=1S/C18H27N3O3.2C2H4O2/c19-7-5-13-1-3-14(4-2-13)18(23)20-15-9-16-12-24-17(6-8-22)11-21(16)10-15;2*1-2(3)4/h1-4,15-17,22H,5-12,19H2,(H,20,23);2*1H3,(H,3,4)/t15-,16+,17+;;/m1../s1. The molecule has 180 valence electrons. The Morgan fingerprint density at radius 1 is 1.12 bits per heavy atom. The molecule has 2 fully saturated rings. The first-order valence-electron chi connectivity index (χ1n) is 10.6. The topological polar surface area (TPSA) is 162 Å². The Bertz CT molecular complexity index is 707. The third-order valence-corrected chi connectivity index (χ3v) is 4.93. The van der Waals surface area contributed by atoms with Crippen LogP contribution >= 0.6 is 0 Å². The largest absolute Gasteiger partial charge is 0.481 e. The predicted octanol–water partition coefficient (Wildman–Crippen LogP) is 0.324.